The molecule has 0 amide bonds. The minimum atomic E-state index is -3.76. The average molecular weight is 297 g/mol. The summed E-state index contributed by atoms with van der Waals surface area (Å²) in [4.78, 5) is -0.0424. The van der Waals surface area contributed by atoms with Gasteiger partial charge in [0.15, 0.2) is 0 Å². The first-order valence-electron chi connectivity index (χ1n) is 4.95. The first-order valence-corrected chi connectivity index (χ1v) is 7.64. The van der Waals surface area contributed by atoms with Gasteiger partial charge < -0.3 is 9.47 Å². The zero-order valence-electron chi connectivity index (χ0n) is 8.73. The number of ether oxygens (including phenoxy) is 2. The topological polar surface area (TPSA) is 52.6 Å². The Morgan fingerprint density at radius 2 is 2.18 bits per heavy atom. The van der Waals surface area contributed by atoms with Crippen LogP contribution in [0, 0.1) is 0 Å². The Labute approximate surface area is 109 Å². The number of hydrogen-bond donors (Lipinski definition) is 0. The SMILES string of the molecule is O=S(=O)(Cl)c1ccc(OC2CCOC2)c(Cl)c1. The molecule has 1 aliphatic heterocycles. The normalized spacial score (nSPS) is 20.5. The van der Waals surface area contributed by atoms with Crippen molar-refractivity contribution in [1.29, 1.82) is 0 Å². The van der Waals surface area contributed by atoms with Gasteiger partial charge in [-0.15, -0.1) is 0 Å². The zero-order chi connectivity index (χ0) is 12.5. The first kappa shape index (κ1) is 13.0. The van der Waals surface area contributed by atoms with Gasteiger partial charge in [-0.2, -0.15) is 0 Å². The minimum absolute atomic E-state index is 0.0361. The summed E-state index contributed by atoms with van der Waals surface area (Å²) >= 11 is 5.92. The maximum atomic E-state index is 11.1. The molecule has 1 aromatic rings. The van der Waals surface area contributed by atoms with E-state index in [1.807, 2.05) is 0 Å². The third-order valence-electron chi connectivity index (χ3n) is 2.37. The Kier molecular flexibility index (Phi) is 3.82. The molecule has 17 heavy (non-hydrogen) atoms. The second kappa shape index (κ2) is 5.02. The van der Waals surface area contributed by atoms with Crippen molar-refractivity contribution in [3.63, 3.8) is 0 Å². The van der Waals surface area contributed by atoms with Crippen molar-refractivity contribution in [1.82, 2.24) is 0 Å². The van der Waals surface area contributed by atoms with Crippen LogP contribution in [0.1, 0.15) is 6.42 Å². The van der Waals surface area contributed by atoms with Crippen molar-refractivity contribution in [3.8, 4) is 5.75 Å². The van der Waals surface area contributed by atoms with Gasteiger partial charge in [0.1, 0.15) is 11.9 Å². The van der Waals surface area contributed by atoms with Crippen molar-refractivity contribution in [3.05, 3.63) is 23.2 Å². The second-order valence-corrected chi connectivity index (χ2v) is 6.61. The fourth-order valence-electron chi connectivity index (χ4n) is 1.51. The van der Waals surface area contributed by atoms with Crippen molar-refractivity contribution in [2.75, 3.05) is 13.2 Å². The molecule has 0 radical (unpaired) electrons. The van der Waals surface area contributed by atoms with Gasteiger partial charge in [0.2, 0.25) is 0 Å². The molecule has 0 saturated carbocycles. The van der Waals surface area contributed by atoms with E-state index in [1.165, 1.54) is 18.2 Å². The average Bonchev–Trinajstić information content (AvgIpc) is 2.72. The van der Waals surface area contributed by atoms with Crippen molar-refractivity contribution >= 4 is 31.3 Å². The molecule has 0 aliphatic carbocycles. The highest BCUT2D eigenvalue weighted by Crippen LogP contribution is 2.30. The van der Waals surface area contributed by atoms with E-state index >= 15 is 0 Å². The lowest BCUT2D eigenvalue weighted by Crippen LogP contribution is -2.15. The van der Waals surface area contributed by atoms with E-state index in [1.54, 1.807) is 0 Å². The Balaban J connectivity index is 2.19. The predicted molar refractivity (Wildman–Crippen MR) is 64.3 cm³/mol. The van der Waals surface area contributed by atoms with Gasteiger partial charge in [0.25, 0.3) is 9.05 Å². The molecule has 2 rings (SSSR count). The molecule has 1 fully saturated rings. The maximum Gasteiger partial charge on any atom is 0.261 e. The number of halogens is 2. The minimum Gasteiger partial charge on any atom is -0.486 e. The zero-order valence-corrected chi connectivity index (χ0v) is 11.1. The van der Waals surface area contributed by atoms with Crippen LogP contribution < -0.4 is 4.74 Å². The highest BCUT2D eigenvalue weighted by atomic mass is 35.7. The summed E-state index contributed by atoms with van der Waals surface area (Å²) in [6, 6.07) is 4.13. The third kappa shape index (κ3) is 3.25. The summed E-state index contributed by atoms with van der Waals surface area (Å²) in [6.07, 6.45) is 0.761. The molecule has 1 aromatic carbocycles. The lowest BCUT2D eigenvalue weighted by Gasteiger charge is -2.13. The van der Waals surface area contributed by atoms with Crippen molar-refractivity contribution in [2.24, 2.45) is 0 Å². The van der Waals surface area contributed by atoms with E-state index in [2.05, 4.69) is 0 Å². The smallest absolute Gasteiger partial charge is 0.261 e. The van der Waals surface area contributed by atoms with Crippen molar-refractivity contribution in [2.45, 2.75) is 17.4 Å². The summed E-state index contributed by atoms with van der Waals surface area (Å²) in [5.41, 5.74) is 0. The molecule has 0 N–H and O–H groups in total. The molecule has 1 atom stereocenters. The number of benzene rings is 1. The fourth-order valence-corrected chi connectivity index (χ4v) is 2.58. The molecule has 1 heterocycles. The Morgan fingerprint density at radius 3 is 2.71 bits per heavy atom. The first-order chi connectivity index (χ1) is 7.97. The predicted octanol–water partition coefficient (Wildman–Crippen LogP) is 2.44. The molecule has 0 aromatic heterocycles. The monoisotopic (exact) mass is 296 g/mol. The molecule has 1 unspecified atom stereocenters. The number of hydrogen-bond acceptors (Lipinski definition) is 4. The van der Waals surface area contributed by atoms with E-state index < -0.39 is 9.05 Å². The molecule has 94 valence electrons. The summed E-state index contributed by atoms with van der Waals surface area (Å²) in [5, 5.41) is 0.221. The molecule has 0 bridgehead atoms. The van der Waals surface area contributed by atoms with Crippen LogP contribution in [0.3, 0.4) is 0 Å². The van der Waals surface area contributed by atoms with E-state index in [9.17, 15) is 8.42 Å². The van der Waals surface area contributed by atoms with Gasteiger partial charge in [0.05, 0.1) is 23.1 Å². The number of rotatable bonds is 3. The van der Waals surface area contributed by atoms with E-state index in [4.69, 9.17) is 31.8 Å². The Morgan fingerprint density at radius 1 is 1.41 bits per heavy atom. The van der Waals surface area contributed by atoms with Crippen LogP contribution in [0.2, 0.25) is 5.02 Å². The summed E-state index contributed by atoms with van der Waals surface area (Å²) in [5.74, 6) is 0.436. The lowest BCUT2D eigenvalue weighted by molar-refractivity contribution is 0.141. The Bertz CT molecular complexity index is 509. The highest BCUT2D eigenvalue weighted by Gasteiger charge is 2.19. The second-order valence-electron chi connectivity index (χ2n) is 3.63. The molecular formula is C10H10Cl2O4S. The van der Waals surface area contributed by atoms with Gasteiger partial charge in [-0.25, -0.2) is 8.42 Å². The fraction of sp³-hybridized carbons (Fsp3) is 0.400. The van der Waals surface area contributed by atoms with Crippen LogP contribution in [-0.4, -0.2) is 27.7 Å². The molecule has 4 nitrogen and oxygen atoms in total. The molecule has 1 aliphatic rings. The van der Waals surface area contributed by atoms with E-state index in [0.717, 1.165) is 6.42 Å². The van der Waals surface area contributed by atoms with Crippen LogP contribution in [-0.2, 0) is 13.8 Å². The quantitative estimate of drug-likeness (QED) is 0.804. The van der Waals surface area contributed by atoms with Crippen LogP contribution >= 0.6 is 22.3 Å². The van der Waals surface area contributed by atoms with Gasteiger partial charge >= 0.3 is 0 Å². The summed E-state index contributed by atoms with van der Waals surface area (Å²) in [6.45, 7) is 1.18. The van der Waals surface area contributed by atoms with E-state index in [-0.39, 0.29) is 16.0 Å². The third-order valence-corrected chi connectivity index (χ3v) is 4.01. The molecule has 1 saturated heterocycles. The van der Waals surface area contributed by atoms with Gasteiger partial charge in [-0.05, 0) is 18.2 Å². The summed E-state index contributed by atoms with van der Waals surface area (Å²) in [7, 11) is 1.44. The van der Waals surface area contributed by atoms with Gasteiger partial charge in [0, 0.05) is 17.1 Å². The van der Waals surface area contributed by atoms with Gasteiger partial charge in [-0.3, -0.25) is 0 Å². The largest absolute Gasteiger partial charge is 0.486 e. The lowest BCUT2D eigenvalue weighted by atomic mass is 10.3. The molecular weight excluding hydrogens is 287 g/mol. The van der Waals surface area contributed by atoms with Crippen LogP contribution in [0.5, 0.6) is 5.75 Å². The summed E-state index contributed by atoms with van der Waals surface area (Å²) < 4.78 is 32.9. The standard InChI is InChI=1S/C10H10Cl2O4S/c11-9-5-8(17(12,13)14)1-2-10(9)16-7-3-4-15-6-7/h1-2,5,7H,3-4,6H2. The maximum absolute atomic E-state index is 11.1. The van der Waals surface area contributed by atoms with Gasteiger partial charge in [-0.1, -0.05) is 11.6 Å². The van der Waals surface area contributed by atoms with Crippen LogP contribution in [0.25, 0.3) is 0 Å². The van der Waals surface area contributed by atoms with Crippen LogP contribution in [0.15, 0.2) is 23.1 Å². The molecule has 7 heteroatoms. The highest BCUT2D eigenvalue weighted by molar-refractivity contribution is 8.13. The molecule has 0 spiro atoms. The van der Waals surface area contributed by atoms with Crippen LogP contribution in [0.4, 0.5) is 0 Å². The Hall–Kier alpha value is -0.490. The van der Waals surface area contributed by atoms with Crippen molar-refractivity contribution < 1.29 is 17.9 Å². The van der Waals surface area contributed by atoms with E-state index in [0.29, 0.717) is 19.0 Å².